The summed E-state index contributed by atoms with van der Waals surface area (Å²) in [7, 11) is 0. The van der Waals surface area contributed by atoms with E-state index in [1.807, 2.05) is 6.92 Å². The largest absolute Gasteiger partial charge is 0.481 e. The smallest absolute Gasteiger partial charge is 0.306 e. The maximum absolute atomic E-state index is 12.4. The molecule has 21 heavy (non-hydrogen) atoms. The summed E-state index contributed by atoms with van der Waals surface area (Å²) in [5, 5.41) is 9.05. The topological polar surface area (TPSA) is 77.9 Å². The number of hydrogen-bond acceptors (Lipinski definition) is 3. The van der Waals surface area contributed by atoms with E-state index < -0.39 is 5.97 Å². The molecule has 2 amide bonds. The fourth-order valence-corrected chi connectivity index (χ4v) is 3.23. The van der Waals surface area contributed by atoms with E-state index in [0.29, 0.717) is 32.4 Å². The van der Waals surface area contributed by atoms with Crippen molar-refractivity contribution in [1.82, 2.24) is 9.80 Å². The molecule has 0 bridgehead atoms. The quantitative estimate of drug-likeness (QED) is 0.846. The van der Waals surface area contributed by atoms with Crippen LogP contribution >= 0.6 is 0 Å². The third-order valence-electron chi connectivity index (χ3n) is 4.54. The number of amides is 2. The summed E-state index contributed by atoms with van der Waals surface area (Å²) < 4.78 is 0. The first-order valence-electron chi connectivity index (χ1n) is 7.79. The van der Waals surface area contributed by atoms with Crippen LogP contribution < -0.4 is 0 Å². The van der Waals surface area contributed by atoms with Gasteiger partial charge in [0.1, 0.15) is 0 Å². The average molecular weight is 296 g/mol. The second-order valence-corrected chi connectivity index (χ2v) is 6.12. The fraction of sp³-hybridized carbons (Fsp3) is 0.800. The minimum atomic E-state index is -0.781. The standard InChI is InChI=1S/C15H24N2O4/c1-11-9-12(15(20)21)6-8-17(11)14(19)10-16-7-4-2-3-5-13(16)18/h11-12H,2-10H2,1H3,(H,20,21). The van der Waals surface area contributed by atoms with Gasteiger partial charge < -0.3 is 14.9 Å². The molecule has 2 aliphatic rings. The van der Waals surface area contributed by atoms with Crippen LogP contribution in [0, 0.1) is 5.92 Å². The van der Waals surface area contributed by atoms with Crippen LogP contribution in [0.25, 0.3) is 0 Å². The van der Waals surface area contributed by atoms with Gasteiger partial charge in [-0.15, -0.1) is 0 Å². The van der Waals surface area contributed by atoms with Crippen LogP contribution in [0.3, 0.4) is 0 Å². The van der Waals surface area contributed by atoms with Crippen LogP contribution in [0.4, 0.5) is 0 Å². The molecule has 0 spiro atoms. The number of aliphatic carboxylic acids is 1. The Morgan fingerprint density at radius 1 is 1.24 bits per heavy atom. The van der Waals surface area contributed by atoms with Gasteiger partial charge in [-0.25, -0.2) is 0 Å². The fourth-order valence-electron chi connectivity index (χ4n) is 3.23. The number of piperidine rings is 1. The van der Waals surface area contributed by atoms with Crippen molar-refractivity contribution in [3.8, 4) is 0 Å². The first-order valence-corrected chi connectivity index (χ1v) is 7.79. The zero-order valence-electron chi connectivity index (χ0n) is 12.6. The normalized spacial score (nSPS) is 27.4. The Morgan fingerprint density at radius 3 is 2.67 bits per heavy atom. The summed E-state index contributed by atoms with van der Waals surface area (Å²) in [5.74, 6) is -1.13. The van der Waals surface area contributed by atoms with Crippen molar-refractivity contribution in [2.75, 3.05) is 19.6 Å². The monoisotopic (exact) mass is 296 g/mol. The number of carbonyl (C=O) groups excluding carboxylic acids is 2. The van der Waals surface area contributed by atoms with Gasteiger partial charge in [0.2, 0.25) is 11.8 Å². The molecule has 6 nitrogen and oxygen atoms in total. The second-order valence-electron chi connectivity index (χ2n) is 6.12. The molecular weight excluding hydrogens is 272 g/mol. The molecule has 2 atom stereocenters. The third kappa shape index (κ3) is 3.95. The molecule has 118 valence electrons. The van der Waals surface area contributed by atoms with E-state index >= 15 is 0 Å². The first-order chi connectivity index (χ1) is 9.99. The molecule has 6 heteroatoms. The van der Waals surface area contributed by atoms with Crippen LogP contribution in [0.1, 0.15) is 45.4 Å². The molecular formula is C15H24N2O4. The highest BCUT2D eigenvalue weighted by Crippen LogP contribution is 2.23. The van der Waals surface area contributed by atoms with Crippen molar-refractivity contribution in [2.24, 2.45) is 5.92 Å². The van der Waals surface area contributed by atoms with Crippen LogP contribution in [-0.2, 0) is 14.4 Å². The number of rotatable bonds is 3. The highest BCUT2D eigenvalue weighted by molar-refractivity contribution is 5.85. The van der Waals surface area contributed by atoms with E-state index in [1.165, 1.54) is 0 Å². The van der Waals surface area contributed by atoms with Crippen molar-refractivity contribution in [1.29, 1.82) is 0 Å². The van der Waals surface area contributed by atoms with Gasteiger partial charge in [0.05, 0.1) is 12.5 Å². The predicted octanol–water partition coefficient (Wildman–Crippen LogP) is 1.10. The first kappa shape index (κ1) is 15.8. The third-order valence-corrected chi connectivity index (χ3v) is 4.54. The summed E-state index contributed by atoms with van der Waals surface area (Å²) in [4.78, 5) is 38.7. The van der Waals surface area contributed by atoms with Gasteiger partial charge in [-0.2, -0.15) is 0 Å². The molecule has 1 N–H and O–H groups in total. The molecule has 2 aliphatic heterocycles. The van der Waals surface area contributed by atoms with Crippen LogP contribution in [-0.4, -0.2) is 58.4 Å². The van der Waals surface area contributed by atoms with Gasteiger partial charge in [0.15, 0.2) is 0 Å². The number of carboxylic acid groups (broad SMARTS) is 1. The Kier molecular flexibility index (Phi) is 5.20. The van der Waals surface area contributed by atoms with Crippen LogP contribution in [0.2, 0.25) is 0 Å². The summed E-state index contributed by atoms with van der Waals surface area (Å²) in [5.41, 5.74) is 0. The van der Waals surface area contributed by atoms with E-state index in [0.717, 1.165) is 19.3 Å². The SMILES string of the molecule is CC1CC(C(=O)O)CCN1C(=O)CN1CCCCCC1=O. The van der Waals surface area contributed by atoms with E-state index in [4.69, 9.17) is 5.11 Å². The van der Waals surface area contributed by atoms with Crippen molar-refractivity contribution < 1.29 is 19.5 Å². The number of hydrogen-bond donors (Lipinski definition) is 1. The zero-order valence-corrected chi connectivity index (χ0v) is 12.6. The summed E-state index contributed by atoms with van der Waals surface area (Å²) >= 11 is 0. The molecule has 2 unspecified atom stereocenters. The maximum Gasteiger partial charge on any atom is 0.306 e. The van der Waals surface area contributed by atoms with Gasteiger partial charge in [-0.05, 0) is 32.6 Å². The molecule has 0 radical (unpaired) electrons. The number of carbonyl (C=O) groups is 3. The molecule has 0 aromatic rings. The maximum atomic E-state index is 12.4. The van der Waals surface area contributed by atoms with Gasteiger partial charge in [-0.3, -0.25) is 14.4 Å². The Hall–Kier alpha value is -1.59. The highest BCUT2D eigenvalue weighted by atomic mass is 16.4. The Bertz CT molecular complexity index is 424. The minimum Gasteiger partial charge on any atom is -0.481 e. The summed E-state index contributed by atoms with van der Waals surface area (Å²) in [6.07, 6.45) is 4.43. The molecule has 2 saturated heterocycles. The van der Waals surface area contributed by atoms with E-state index in [-0.39, 0.29) is 30.3 Å². The predicted molar refractivity (Wildman–Crippen MR) is 76.6 cm³/mol. The lowest BCUT2D eigenvalue weighted by molar-refractivity contribution is -0.148. The number of nitrogens with zero attached hydrogens (tertiary/aromatic N) is 2. The number of carboxylic acids is 1. The lowest BCUT2D eigenvalue weighted by atomic mass is 9.91. The Labute approximate surface area is 125 Å². The molecule has 2 rings (SSSR count). The average Bonchev–Trinajstić information content (AvgIpc) is 2.63. The second kappa shape index (κ2) is 6.91. The van der Waals surface area contributed by atoms with Crippen molar-refractivity contribution in [3.05, 3.63) is 0 Å². The van der Waals surface area contributed by atoms with Crippen LogP contribution in [0.15, 0.2) is 0 Å². The molecule has 0 aliphatic carbocycles. The number of likely N-dealkylation sites (tertiary alicyclic amines) is 2. The summed E-state index contributed by atoms with van der Waals surface area (Å²) in [6, 6.07) is -0.0746. The van der Waals surface area contributed by atoms with E-state index in [9.17, 15) is 14.4 Å². The molecule has 0 aromatic carbocycles. The minimum absolute atomic E-state index is 0.0541. The van der Waals surface area contributed by atoms with Gasteiger partial charge in [-0.1, -0.05) is 6.42 Å². The molecule has 0 saturated carbocycles. The van der Waals surface area contributed by atoms with Gasteiger partial charge >= 0.3 is 5.97 Å². The molecule has 2 heterocycles. The lowest BCUT2D eigenvalue weighted by Gasteiger charge is -2.37. The lowest BCUT2D eigenvalue weighted by Crippen LogP contribution is -2.50. The van der Waals surface area contributed by atoms with Gasteiger partial charge in [0, 0.05) is 25.6 Å². The Balaban J connectivity index is 1.91. The summed E-state index contributed by atoms with van der Waals surface area (Å²) in [6.45, 7) is 3.15. The zero-order chi connectivity index (χ0) is 15.4. The van der Waals surface area contributed by atoms with Gasteiger partial charge in [0.25, 0.3) is 0 Å². The molecule has 0 aromatic heterocycles. The van der Waals surface area contributed by atoms with Crippen molar-refractivity contribution in [3.63, 3.8) is 0 Å². The molecule has 2 fully saturated rings. The van der Waals surface area contributed by atoms with Crippen LogP contribution in [0.5, 0.6) is 0 Å². The van der Waals surface area contributed by atoms with E-state index in [1.54, 1.807) is 9.80 Å². The van der Waals surface area contributed by atoms with Crippen molar-refractivity contribution >= 4 is 17.8 Å². The highest BCUT2D eigenvalue weighted by Gasteiger charge is 2.33. The van der Waals surface area contributed by atoms with E-state index in [2.05, 4.69) is 0 Å². The Morgan fingerprint density at radius 2 is 2.00 bits per heavy atom. The van der Waals surface area contributed by atoms with Crippen molar-refractivity contribution in [2.45, 2.75) is 51.5 Å².